The van der Waals surface area contributed by atoms with Crippen molar-refractivity contribution in [2.75, 3.05) is 18.5 Å². The first-order valence-electron chi connectivity index (χ1n) is 8.67. The van der Waals surface area contributed by atoms with E-state index in [1.807, 2.05) is 13.0 Å². The number of ether oxygens (including phenoxy) is 1. The average molecular weight is 419 g/mol. The van der Waals surface area contributed by atoms with Crippen molar-refractivity contribution < 1.29 is 14.3 Å². The molecule has 0 bridgehead atoms. The summed E-state index contributed by atoms with van der Waals surface area (Å²) >= 11 is 3.37. The Kier molecular flexibility index (Phi) is 7.66. The van der Waals surface area contributed by atoms with E-state index in [1.54, 1.807) is 36.4 Å². The monoisotopic (exact) mass is 418 g/mol. The molecule has 2 aromatic rings. The molecule has 0 saturated heterocycles. The van der Waals surface area contributed by atoms with Crippen LogP contribution in [-0.4, -0.2) is 25.0 Å². The van der Waals surface area contributed by atoms with Gasteiger partial charge in [0.05, 0.1) is 12.2 Å². The van der Waals surface area contributed by atoms with Crippen LogP contribution < -0.4 is 15.4 Å². The Morgan fingerprint density at radius 2 is 1.88 bits per heavy atom. The van der Waals surface area contributed by atoms with Crippen LogP contribution in [0.4, 0.5) is 5.69 Å². The number of amides is 2. The van der Waals surface area contributed by atoms with E-state index >= 15 is 0 Å². The molecule has 2 amide bonds. The summed E-state index contributed by atoms with van der Waals surface area (Å²) in [6.45, 7) is 5.04. The number of rotatable bonds is 8. The summed E-state index contributed by atoms with van der Waals surface area (Å²) in [6, 6.07) is 12.2. The van der Waals surface area contributed by atoms with Gasteiger partial charge in [0.15, 0.2) is 0 Å². The quantitative estimate of drug-likeness (QED) is 0.613. The zero-order valence-corrected chi connectivity index (χ0v) is 16.6. The maximum Gasteiger partial charge on any atom is 0.259 e. The Hall–Kier alpha value is -2.34. The van der Waals surface area contributed by atoms with Crippen LogP contribution >= 0.6 is 15.9 Å². The molecule has 0 aliphatic heterocycles. The number of unbranched alkanes of at least 4 members (excludes halogenated alkanes) is 1. The molecule has 0 radical (unpaired) electrons. The van der Waals surface area contributed by atoms with Gasteiger partial charge in [-0.1, -0.05) is 35.3 Å². The molecule has 6 heteroatoms. The first kappa shape index (κ1) is 20.0. The molecule has 0 unspecified atom stereocenters. The number of anilines is 1. The highest BCUT2D eigenvalue weighted by atomic mass is 79.9. The van der Waals surface area contributed by atoms with Crippen LogP contribution in [0.2, 0.25) is 0 Å². The lowest BCUT2D eigenvalue weighted by Gasteiger charge is -2.12. The first-order chi connectivity index (χ1) is 12.5. The van der Waals surface area contributed by atoms with E-state index in [2.05, 4.69) is 33.5 Å². The largest absolute Gasteiger partial charge is 0.493 e. The Bertz CT molecular complexity index is 777. The zero-order chi connectivity index (χ0) is 18.9. The van der Waals surface area contributed by atoms with Gasteiger partial charge in [0, 0.05) is 22.3 Å². The minimum atomic E-state index is -0.293. The molecule has 26 heavy (non-hydrogen) atoms. The lowest BCUT2D eigenvalue weighted by Crippen LogP contribution is -2.24. The summed E-state index contributed by atoms with van der Waals surface area (Å²) in [5.41, 5.74) is 1.50. The van der Waals surface area contributed by atoms with Crippen LogP contribution in [0.5, 0.6) is 5.75 Å². The summed E-state index contributed by atoms with van der Waals surface area (Å²) in [5, 5.41) is 5.69. The third-order valence-corrected chi connectivity index (χ3v) is 4.18. The summed E-state index contributed by atoms with van der Waals surface area (Å²) in [4.78, 5) is 24.8. The molecule has 0 fully saturated rings. The van der Waals surface area contributed by atoms with Gasteiger partial charge in [0.1, 0.15) is 5.75 Å². The number of carbonyl (C=O) groups excluding carboxylic acids is 2. The summed E-state index contributed by atoms with van der Waals surface area (Å²) in [7, 11) is 0. The van der Waals surface area contributed by atoms with Crippen molar-refractivity contribution in [2.24, 2.45) is 0 Å². The number of nitrogens with one attached hydrogen (secondary N) is 2. The molecule has 0 atom stereocenters. The molecule has 2 rings (SSSR count). The summed E-state index contributed by atoms with van der Waals surface area (Å²) < 4.78 is 6.31. The molecule has 5 nitrogen and oxygen atoms in total. The SMILES string of the molecule is CCCCNC(=O)c1cccc(NC(=O)c2cc(Br)ccc2OCC)c1. The van der Waals surface area contributed by atoms with E-state index in [-0.39, 0.29) is 11.8 Å². The van der Waals surface area contributed by atoms with Gasteiger partial charge in [0.2, 0.25) is 0 Å². The second kappa shape index (κ2) is 9.97. The molecule has 0 aromatic heterocycles. The molecular weight excluding hydrogens is 396 g/mol. The van der Waals surface area contributed by atoms with Crippen molar-refractivity contribution >= 4 is 33.4 Å². The lowest BCUT2D eigenvalue weighted by atomic mass is 10.1. The van der Waals surface area contributed by atoms with Crippen LogP contribution in [0, 0.1) is 0 Å². The predicted molar refractivity (Wildman–Crippen MR) is 107 cm³/mol. The zero-order valence-electron chi connectivity index (χ0n) is 15.0. The van der Waals surface area contributed by atoms with Crippen molar-refractivity contribution in [2.45, 2.75) is 26.7 Å². The maximum absolute atomic E-state index is 12.6. The molecule has 0 heterocycles. The number of hydrogen-bond acceptors (Lipinski definition) is 3. The molecule has 0 saturated carbocycles. The van der Waals surface area contributed by atoms with E-state index in [9.17, 15) is 9.59 Å². The minimum Gasteiger partial charge on any atom is -0.493 e. The molecule has 2 N–H and O–H groups in total. The second-order valence-electron chi connectivity index (χ2n) is 5.72. The average Bonchev–Trinajstić information content (AvgIpc) is 2.63. The highest BCUT2D eigenvalue weighted by molar-refractivity contribution is 9.10. The Morgan fingerprint density at radius 3 is 2.62 bits per heavy atom. The van der Waals surface area contributed by atoms with Crippen LogP contribution in [0.25, 0.3) is 0 Å². The third-order valence-electron chi connectivity index (χ3n) is 3.68. The fraction of sp³-hybridized carbons (Fsp3) is 0.300. The summed E-state index contributed by atoms with van der Waals surface area (Å²) in [5.74, 6) is 0.0759. The lowest BCUT2D eigenvalue weighted by molar-refractivity contribution is 0.0951. The Labute approximate surface area is 162 Å². The molecule has 2 aromatic carbocycles. The minimum absolute atomic E-state index is 0.146. The number of benzene rings is 2. The topological polar surface area (TPSA) is 67.4 Å². The standard InChI is InChI=1S/C20H23BrN2O3/c1-3-5-11-22-19(24)14-7-6-8-16(12-14)23-20(25)17-13-15(21)9-10-18(17)26-4-2/h6-10,12-13H,3-5,11H2,1-2H3,(H,22,24)(H,23,25). The highest BCUT2D eigenvalue weighted by Gasteiger charge is 2.14. The molecule has 0 spiro atoms. The van der Waals surface area contributed by atoms with Crippen molar-refractivity contribution in [1.82, 2.24) is 5.32 Å². The number of halogens is 1. The molecule has 0 aliphatic carbocycles. The van der Waals surface area contributed by atoms with Gasteiger partial charge < -0.3 is 15.4 Å². The normalized spacial score (nSPS) is 10.3. The van der Waals surface area contributed by atoms with Crippen molar-refractivity contribution in [3.63, 3.8) is 0 Å². The van der Waals surface area contributed by atoms with Crippen molar-refractivity contribution in [3.8, 4) is 5.75 Å². The van der Waals surface area contributed by atoms with Crippen molar-refractivity contribution in [3.05, 3.63) is 58.1 Å². The van der Waals surface area contributed by atoms with Gasteiger partial charge in [0.25, 0.3) is 11.8 Å². The van der Waals surface area contributed by atoms with Crippen molar-refractivity contribution in [1.29, 1.82) is 0 Å². The van der Waals surface area contributed by atoms with E-state index in [1.165, 1.54) is 0 Å². The highest BCUT2D eigenvalue weighted by Crippen LogP contribution is 2.24. The van der Waals surface area contributed by atoms with Gasteiger partial charge in [-0.15, -0.1) is 0 Å². The Morgan fingerprint density at radius 1 is 1.08 bits per heavy atom. The maximum atomic E-state index is 12.6. The van der Waals surface area contributed by atoms with Crippen LogP contribution in [0.1, 0.15) is 47.4 Å². The Balaban J connectivity index is 2.13. The molecule has 138 valence electrons. The molecule has 0 aliphatic rings. The van der Waals surface area contributed by atoms with Gasteiger partial charge in [-0.2, -0.15) is 0 Å². The van der Waals surface area contributed by atoms with Gasteiger partial charge >= 0.3 is 0 Å². The predicted octanol–water partition coefficient (Wildman–Crippen LogP) is 4.63. The van der Waals surface area contributed by atoms with E-state index in [4.69, 9.17) is 4.74 Å². The van der Waals surface area contributed by atoms with Gasteiger partial charge in [-0.05, 0) is 49.7 Å². The van der Waals surface area contributed by atoms with E-state index in [0.717, 1.165) is 17.3 Å². The van der Waals surface area contributed by atoms with Crippen LogP contribution in [-0.2, 0) is 0 Å². The van der Waals surface area contributed by atoms with Crippen LogP contribution in [0.3, 0.4) is 0 Å². The first-order valence-corrected chi connectivity index (χ1v) is 9.46. The van der Waals surface area contributed by atoms with Gasteiger partial charge in [-0.25, -0.2) is 0 Å². The van der Waals surface area contributed by atoms with E-state index in [0.29, 0.717) is 35.7 Å². The van der Waals surface area contributed by atoms with E-state index < -0.39 is 0 Å². The second-order valence-corrected chi connectivity index (χ2v) is 6.63. The number of carbonyl (C=O) groups is 2. The smallest absolute Gasteiger partial charge is 0.259 e. The fourth-order valence-electron chi connectivity index (χ4n) is 2.38. The third kappa shape index (κ3) is 5.59. The molecular formula is C20H23BrN2O3. The fourth-order valence-corrected chi connectivity index (χ4v) is 2.74. The van der Waals surface area contributed by atoms with Gasteiger partial charge in [-0.3, -0.25) is 9.59 Å². The van der Waals surface area contributed by atoms with Crippen LogP contribution in [0.15, 0.2) is 46.9 Å². The number of hydrogen-bond donors (Lipinski definition) is 2. The summed E-state index contributed by atoms with van der Waals surface area (Å²) in [6.07, 6.45) is 1.95.